The summed E-state index contributed by atoms with van der Waals surface area (Å²) in [6, 6.07) is 9.83. The largest absolute Gasteiger partial charge is 0.444 e. The van der Waals surface area contributed by atoms with E-state index in [1.807, 2.05) is 35.2 Å². The topological polar surface area (TPSA) is 83.2 Å². The zero-order valence-electron chi connectivity index (χ0n) is 16.7. The number of aliphatic imine (C=N–C) groups is 1. The molecule has 29 heavy (non-hydrogen) atoms. The maximum absolute atomic E-state index is 12.5. The minimum atomic E-state index is -0.245. The lowest BCUT2D eigenvalue weighted by molar-refractivity contribution is -0.142. The number of aromatic nitrogens is 1. The molecule has 1 amide bonds. The number of guanidine groups is 1. The number of benzene rings is 1. The van der Waals surface area contributed by atoms with E-state index in [1.165, 1.54) is 0 Å². The Balaban J connectivity index is 1.28. The van der Waals surface area contributed by atoms with Crippen molar-refractivity contribution in [2.24, 2.45) is 4.99 Å². The van der Waals surface area contributed by atoms with Crippen molar-refractivity contribution in [3.05, 3.63) is 42.3 Å². The van der Waals surface area contributed by atoms with E-state index >= 15 is 0 Å². The Kier molecular flexibility index (Phi) is 6.09. The predicted octanol–water partition coefficient (Wildman–Crippen LogP) is 1.74. The summed E-state index contributed by atoms with van der Waals surface area (Å²) in [5.74, 6) is 1.54. The Morgan fingerprint density at radius 3 is 2.66 bits per heavy atom. The van der Waals surface area contributed by atoms with Crippen molar-refractivity contribution < 1.29 is 13.9 Å². The number of carbonyl (C=O) groups excluding carboxylic acids is 1. The van der Waals surface area contributed by atoms with Gasteiger partial charge in [-0.05, 0) is 25.0 Å². The summed E-state index contributed by atoms with van der Waals surface area (Å²) < 4.78 is 11.1. The molecule has 1 N–H and O–H groups in total. The van der Waals surface area contributed by atoms with Gasteiger partial charge in [-0.3, -0.25) is 9.79 Å². The van der Waals surface area contributed by atoms with Crippen LogP contribution in [-0.4, -0.2) is 72.6 Å². The monoisotopic (exact) mass is 397 g/mol. The van der Waals surface area contributed by atoms with Crippen molar-refractivity contribution in [2.45, 2.75) is 25.5 Å². The molecule has 3 heterocycles. The Bertz CT molecular complexity index is 837. The third kappa shape index (κ3) is 4.59. The average molecular weight is 397 g/mol. The standard InChI is InChI=1S/C21H27N5O3/c1-22-21(23-14-17-15-29-19(24-17)16-6-3-2-4-7-16)26-11-9-25(10-12-26)20(27)18-8-5-13-28-18/h2-4,6-7,15,18H,5,8-14H2,1H3,(H,22,23). The van der Waals surface area contributed by atoms with Crippen LogP contribution in [0.4, 0.5) is 0 Å². The molecule has 154 valence electrons. The second kappa shape index (κ2) is 9.09. The lowest BCUT2D eigenvalue weighted by Crippen LogP contribution is -2.55. The quantitative estimate of drug-likeness (QED) is 0.625. The minimum Gasteiger partial charge on any atom is -0.444 e. The Labute approximate surface area is 170 Å². The molecule has 0 aliphatic carbocycles. The summed E-state index contributed by atoms with van der Waals surface area (Å²) in [4.78, 5) is 25.5. The number of rotatable bonds is 4. The molecule has 8 nitrogen and oxygen atoms in total. The van der Waals surface area contributed by atoms with Gasteiger partial charge in [0, 0.05) is 45.4 Å². The van der Waals surface area contributed by atoms with Crippen LogP contribution in [0.15, 0.2) is 46.0 Å². The van der Waals surface area contributed by atoms with Gasteiger partial charge in [0.15, 0.2) is 5.96 Å². The first-order valence-electron chi connectivity index (χ1n) is 10.1. The highest BCUT2D eigenvalue weighted by molar-refractivity contribution is 5.82. The molecule has 0 spiro atoms. The summed E-state index contributed by atoms with van der Waals surface area (Å²) in [6.07, 6.45) is 3.23. The first-order chi connectivity index (χ1) is 14.2. The molecule has 0 radical (unpaired) electrons. The van der Waals surface area contributed by atoms with Crippen LogP contribution in [0, 0.1) is 0 Å². The van der Waals surface area contributed by atoms with E-state index in [1.54, 1.807) is 13.3 Å². The molecule has 2 aliphatic rings. The molecule has 4 rings (SSSR count). The van der Waals surface area contributed by atoms with Gasteiger partial charge >= 0.3 is 0 Å². The summed E-state index contributed by atoms with van der Waals surface area (Å²) in [6.45, 7) is 4.07. The number of carbonyl (C=O) groups is 1. The zero-order chi connectivity index (χ0) is 20.1. The predicted molar refractivity (Wildman–Crippen MR) is 109 cm³/mol. The van der Waals surface area contributed by atoms with Crippen LogP contribution in [0.2, 0.25) is 0 Å². The molecule has 1 unspecified atom stereocenters. The molecule has 2 aliphatic heterocycles. The second-order valence-electron chi connectivity index (χ2n) is 7.22. The fourth-order valence-corrected chi connectivity index (χ4v) is 3.72. The van der Waals surface area contributed by atoms with Gasteiger partial charge in [0.25, 0.3) is 5.91 Å². The molecule has 0 saturated carbocycles. The lowest BCUT2D eigenvalue weighted by atomic mass is 10.2. The third-order valence-corrected chi connectivity index (χ3v) is 5.31. The molecular weight excluding hydrogens is 370 g/mol. The zero-order valence-corrected chi connectivity index (χ0v) is 16.7. The fraction of sp³-hybridized carbons (Fsp3) is 0.476. The van der Waals surface area contributed by atoms with Crippen molar-refractivity contribution in [3.8, 4) is 11.5 Å². The van der Waals surface area contributed by atoms with Gasteiger partial charge in [0.05, 0.1) is 12.2 Å². The highest BCUT2D eigenvalue weighted by atomic mass is 16.5. The number of hydrogen-bond donors (Lipinski definition) is 1. The molecule has 0 bridgehead atoms. The van der Waals surface area contributed by atoms with Crippen LogP contribution >= 0.6 is 0 Å². The van der Waals surface area contributed by atoms with Gasteiger partial charge in [-0.15, -0.1) is 0 Å². The van der Waals surface area contributed by atoms with E-state index in [-0.39, 0.29) is 12.0 Å². The summed E-state index contributed by atoms with van der Waals surface area (Å²) in [5.41, 5.74) is 1.77. The Morgan fingerprint density at radius 1 is 1.21 bits per heavy atom. The summed E-state index contributed by atoms with van der Waals surface area (Å²) in [5, 5.41) is 3.34. The van der Waals surface area contributed by atoms with Crippen molar-refractivity contribution >= 4 is 11.9 Å². The van der Waals surface area contributed by atoms with Gasteiger partial charge in [-0.25, -0.2) is 4.98 Å². The van der Waals surface area contributed by atoms with Crippen LogP contribution in [0.25, 0.3) is 11.5 Å². The number of amides is 1. The molecule has 8 heteroatoms. The molecule has 1 aromatic heterocycles. The molecule has 1 atom stereocenters. The summed E-state index contributed by atoms with van der Waals surface area (Å²) in [7, 11) is 1.77. The first kappa shape index (κ1) is 19.4. The van der Waals surface area contributed by atoms with Crippen LogP contribution < -0.4 is 5.32 Å². The maximum Gasteiger partial charge on any atom is 0.251 e. The normalized spacial score (nSPS) is 20.2. The van der Waals surface area contributed by atoms with Crippen LogP contribution in [0.1, 0.15) is 18.5 Å². The highest BCUT2D eigenvalue weighted by Gasteiger charge is 2.30. The molecule has 1 aromatic carbocycles. The number of oxazole rings is 1. The van der Waals surface area contributed by atoms with E-state index in [9.17, 15) is 4.79 Å². The van der Waals surface area contributed by atoms with Crippen LogP contribution in [0.5, 0.6) is 0 Å². The molecule has 2 saturated heterocycles. The van der Waals surface area contributed by atoms with Crippen molar-refractivity contribution in [2.75, 3.05) is 39.8 Å². The van der Waals surface area contributed by atoms with Crippen molar-refractivity contribution in [3.63, 3.8) is 0 Å². The van der Waals surface area contributed by atoms with Crippen LogP contribution in [0.3, 0.4) is 0 Å². The highest BCUT2D eigenvalue weighted by Crippen LogP contribution is 2.18. The minimum absolute atomic E-state index is 0.126. The van der Waals surface area contributed by atoms with Gasteiger partial charge in [-0.1, -0.05) is 18.2 Å². The van der Waals surface area contributed by atoms with Crippen LogP contribution in [-0.2, 0) is 16.1 Å². The van der Waals surface area contributed by atoms with Gasteiger partial charge in [-0.2, -0.15) is 0 Å². The smallest absolute Gasteiger partial charge is 0.251 e. The van der Waals surface area contributed by atoms with Crippen molar-refractivity contribution in [1.29, 1.82) is 0 Å². The Hall–Kier alpha value is -2.87. The maximum atomic E-state index is 12.5. The number of hydrogen-bond acceptors (Lipinski definition) is 5. The van der Waals surface area contributed by atoms with E-state index in [0.717, 1.165) is 43.1 Å². The van der Waals surface area contributed by atoms with E-state index < -0.39 is 0 Å². The number of ether oxygens (including phenoxy) is 1. The fourth-order valence-electron chi connectivity index (χ4n) is 3.72. The van der Waals surface area contributed by atoms with E-state index in [0.29, 0.717) is 32.1 Å². The van der Waals surface area contributed by atoms with Crippen molar-refractivity contribution in [1.82, 2.24) is 20.1 Å². The SMILES string of the molecule is CN=C(NCc1coc(-c2ccccc2)n1)N1CCN(C(=O)C2CCCO2)CC1. The number of nitrogens with zero attached hydrogens (tertiary/aromatic N) is 4. The Morgan fingerprint density at radius 2 is 1.97 bits per heavy atom. The molecule has 2 fully saturated rings. The molecule has 2 aromatic rings. The first-order valence-corrected chi connectivity index (χ1v) is 10.1. The number of piperazine rings is 1. The molecular formula is C21H27N5O3. The van der Waals surface area contributed by atoms with E-state index in [2.05, 4.69) is 20.2 Å². The third-order valence-electron chi connectivity index (χ3n) is 5.31. The van der Waals surface area contributed by atoms with Gasteiger partial charge in [0.1, 0.15) is 12.4 Å². The number of nitrogens with one attached hydrogen (secondary N) is 1. The van der Waals surface area contributed by atoms with Gasteiger partial charge in [0.2, 0.25) is 5.89 Å². The summed E-state index contributed by atoms with van der Waals surface area (Å²) >= 11 is 0. The second-order valence-corrected chi connectivity index (χ2v) is 7.22. The van der Waals surface area contributed by atoms with Gasteiger partial charge < -0.3 is 24.3 Å². The lowest BCUT2D eigenvalue weighted by Gasteiger charge is -2.37. The van der Waals surface area contributed by atoms with E-state index in [4.69, 9.17) is 9.15 Å². The average Bonchev–Trinajstić information content (AvgIpc) is 3.47.